The highest BCUT2D eigenvalue weighted by Gasteiger charge is 2.23. The van der Waals surface area contributed by atoms with Crippen molar-refractivity contribution in [3.8, 4) is 0 Å². The molecule has 0 saturated carbocycles. The van der Waals surface area contributed by atoms with Crippen molar-refractivity contribution in [1.82, 2.24) is 0 Å². The van der Waals surface area contributed by atoms with E-state index in [2.05, 4.69) is 6.92 Å². The predicted molar refractivity (Wildman–Crippen MR) is 76.7 cm³/mol. The van der Waals surface area contributed by atoms with Gasteiger partial charge in [-0.2, -0.15) is 0 Å². The van der Waals surface area contributed by atoms with E-state index < -0.39 is 0 Å². The quantitative estimate of drug-likeness (QED) is 0.403. The Labute approximate surface area is 112 Å². The molecule has 0 radical (unpaired) electrons. The third-order valence-corrected chi connectivity index (χ3v) is 3.49. The minimum absolute atomic E-state index is 0.0351. The number of unbranched alkanes of at least 4 members (excludes halogenated alkanes) is 5. The Hall–Kier alpha value is -0.0400. The van der Waals surface area contributed by atoms with Gasteiger partial charge in [-0.05, 0) is 6.42 Å². The number of alkyl halides is 1. The summed E-state index contributed by atoms with van der Waals surface area (Å²) >= 11 is 6.20. The van der Waals surface area contributed by atoms with E-state index >= 15 is 0 Å². The number of ketones is 1. The van der Waals surface area contributed by atoms with Gasteiger partial charge in [0.25, 0.3) is 0 Å². The third kappa shape index (κ3) is 9.64. The van der Waals surface area contributed by atoms with Crippen molar-refractivity contribution >= 4 is 17.4 Å². The van der Waals surface area contributed by atoms with Gasteiger partial charge in [0.2, 0.25) is 0 Å². The molecule has 0 aromatic carbocycles. The number of carbonyl (C=O) groups is 1. The summed E-state index contributed by atoms with van der Waals surface area (Å²) in [6.45, 7) is 8.12. The van der Waals surface area contributed by atoms with Crippen LogP contribution in [0.3, 0.4) is 0 Å². The highest BCUT2D eigenvalue weighted by atomic mass is 35.5. The molecule has 0 aliphatic carbocycles. The van der Waals surface area contributed by atoms with E-state index in [1.807, 2.05) is 20.8 Å². The molecule has 1 atom stereocenters. The van der Waals surface area contributed by atoms with Crippen molar-refractivity contribution < 1.29 is 4.79 Å². The second-order valence-electron chi connectivity index (χ2n) is 6.03. The van der Waals surface area contributed by atoms with Crippen molar-refractivity contribution in [2.75, 3.05) is 0 Å². The second-order valence-corrected chi connectivity index (χ2v) is 6.65. The van der Waals surface area contributed by atoms with Crippen molar-refractivity contribution in [1.29, 1.82) is 0 Å². The molecule has 1 unspecified atom stereocenters. The van der Waals surface area contributed by atoms with Gasteiger partial charge in [-0.25, -0.2) is 0 Å². The lowest BCUT2D eigenvalue weighted by atomic mass is 9.87. The normalized spacial score (nSPS) is 13.7. The fraction of sp³-hybridized carbons (Fsp3) is 0.933. The summed E-state index contributed by atoms with van der Waals surface area (Å²) in [4.78, 5) is 11.8. The number of rotatable bonds is 9. The van der Waals surface area contributed by atoms with Gasteiger partial charge in [-0.1, -0.05) is 66.2 Å². The van der Waals surface area contributed by atoms with E-state index in [-0.39, 0.29) is 16.6 Å². The van der Waals surface area contributed by atoms with E-state index in [1.165, 1.54) is 32.1 Å². The van der Waals surface area contributed by atoms with Gasteiger partial charge in [0.05, 0.1) is 0 Å². The maximum absolute atomic E-state index is 11.8. The van der Waals surface area contributed by atoms with Crippen molar-refractivity contribution in [2.24, 2.45) is 5.41 Å². The van der Waals surface area contributed by atoms with Crippen LogP contribution in [0, 0.1) is 5.41 Å². The Bertz CT molecular complexity index is 205. The minimum Gasteiger partial charge on any atom is -0.299 e. The largest absolute Gasteiger partial charge is 0.299 e. The van der Waals surface area contributed by atoms with Gasteiger partial charge in [0, 0.05) is 17.2 Å². The zero-order valence-corrected chi connectivity index (χ0v) is 12.8. The molecule has 0 aromatic heterocycles. The van der Waals surface area contributed by atoms with Crippen LogP contribution in [0.4, 0.5) is 0 Å². The van der Waals surface area contributed by atoms with Crippen molar-refractivity contribution in [2.45, 2.75) is 84.4 Å². The smallest absolute Gasteiger partial charge is 0.139 e. The molecule has 0 heterocycles. The summed E-state index contributed by atoms with van der Waals surface area (Å²) in [6, 6.07) is 0. The topological polar surface area (TPSA) is 17.1 Å². The molecule has 0 rings (SSSR count). The Morgan fingerprint density at radius 2 is 1.59 bits per heavy atom. The molecule has 0 aliphatic heterocycles. The summed E-state index contributed by atoms with van der Waals surface area (Å²) in [5.41, 5.74) is -0.242. The summed E-state index contributed by atoms with van der Waals surface area (Å²) < 4.78 is 0. The van der Waals surface area contributed by atoms with Crippen LogP contribution in [0.2, 0.25) is 0 Å². The number of hydrogen-bond donors (Lipinski definition) is 0. The number of halogens is 1. The third-order valence-electron chi connectivity index (χ3n) is 3.11. The Balaban J connectivity index is 3.53. The molecule has 0 fully saturated rings. The zero-order chi connectivity index (χ0) is 13.3. The van der Waals surface area contributed by atoms with Crippen LogP contribution < -0.4 is 0 Å². The second kappa shape index (κ2) is 8.97. The molecule has 0 saturated heterocycles. The maximum atomic E-state index is 11.8. The van der Waals surface area contributed by atoms with E-state index in [4.69, 9.17) is 11.6 Å². The fourth-order valence-electron chi connectivity index (χ4n) is 1.76. The summed E-state index contributed by atoms with van der Waals surface area (Å²) in [6.07, 6.45) is 9.21. The first-order valence-corrected chi connectivity index (χ1v) is 7.49. The van der Waals surface area contributed by atoms with Gasteiger partial charge < -0.3 is 0 Å². The first-order chi connectivity index (χ1) is 7.88. The monoisotopic (exact) mass is 260 g/mol. The van der Waals surface area contributed by atoms with Gasteiger partial charge in [-0.15, -0.1) is 11.6 Å². The molecule has 0 bridgehead atoms. The lowest BCUT2D eigenvalue weighted by Gasteiger charge is -2.18. The summed E-state index contributed by atoms with van der Waals surface area (Å²) in [5.74, 6) is 0.281. The molecule has 2 heteroatoms. The molecule has 0 amide bonds. The zero-order valence-electron chi connectivity index (χ0n) is 12.0. The molecule has 0 N–H and O–H groups in total. The molecule has 0 aliphatic rings. The van der Waals surface area contributed by atoms with Gasteiger partial charge >= 0.3 is 0 Å². The van der Waals surface area contributed by atoms with E-state index in [0.717, 1.165) is 12.8 Å². The van der Waals surface area contributed by atoms with Crippen LogP contribution in [-0.2, 0) is 4.79 Å². The maximum Gasteiger partial charge on any atom is 0.139 e. The average molecular weight is 261 g/mol. The lowest BCUT2D eigenvalue weighted by molar-refractivity contribution is -0.126. The van der Waals surface area contributed by atoms with Crippen LogP contribution in [0.5, 0.6) is 0 Å². The standard InChI is InChI=1S/C15H29ClO/c1-5-6-7-8-9-10-11-13(16)12-14(17)15(2,3)4/h13H,5-12H2,1-4H3. The highest BCUT2D eigenvalue weighted by molar-refractivity contribution is 6.21. The van der Waals surface area contributed by atoms with E-state index in [9.17, 15) is 4.79 Å². The van der Waals surface area contributed by atoms with Gasteiger partial charge in [0.1, 0.15) is 5.78 Å². The van der Waals surface area contributed by atoms with Crippen LogP contribution in [-0.4, -0.2) is 11.2 Å². The highest BCUT2D eigenvalue weighted by Crippen LogP contribution is 2.22. The number of hydrogen-bond acceptors (Lipinski definition) is 1. The van der Waals surface area contributed by atoms with Crippen molar-refractivity contribution in [3.05, 3.63) is 0 Å². The Kier molecular flexibility index (Phi) is 8.94. The predicted octanol–water partition coefficient (Wildman–Crippen LogP) is 5.35. The van der Waals surface area contributed by atoms with E-state index in [0.29, 0.717) is 6.42 Å². The molecular formula is C15H29ClO. The number of Topliss-reactive ketones (excluding diaryl/α,β-unsaturated/α-hetero) is 1. The SMILES string of the molecule is CCCCCCCCC(Cl)CC(=O)C(C)(C)C. The van der Waals surface area contributed by atoms with Crippen LogP contribution >= 0.6 is 11.6 Å². The molecule has 17 heavy (non-hydrogen) atoms. The van der Waals surface area contributed by atoms with Crippen LogP contribution in [0.15, 0.2) is 0 Å². The molecule has 0 spiro atoms. The number of carbonyl (C=O) groups excluding carboxylic acids is 1. The first-order valence-electron chi connectivity index (χ1n) is 7.05. The minimum atomic E-state index is -0.242. The Morgan fingerprint density at radius 1 is 1.06 bits per heavy atom. The first kappa shape index (κ1) is 17.0. The lowest BCUT2D eigenvalue weighted by Crippen LogP contribution is -2.23. The fourth-order valence-corrected chi connectivity index (χ4v) is 2.05. The molecule has 0 aromatic rings. The molecule has 102 valence electrons. The average Bonchev–Trinajstić information content (AvgIpc) is 2.21. The van der Waals surface area contributed by atoms with Crippen LogP contribution in [0.25, 0.3) is 0 Å². The van der Waals surface area contributed by atoms with Gasteiger partial charge in [-0.3, -0.25) is 4.79 Å². The van der Waals surface area contributed by atoms with Gasteiger partial charge in [0.15, 0.2) is 0 Å². The van der Waals surface area contributed by atoms with E-state index in [1.54, 1.807) is 0 Å². The summed E-state index contributed by atoms with van der Waals surface area (Å²) in [7, 11) is 0. The molecular weight excluding hydrogens is 232 g/mol. The summed E-state index contributed by atoms with van der Waals surface area (Å²) in [5, 5.41) is 0.0351. The molecule has 1 nitrogen and oxygen atoms in total. The Morgan fingerprint density at radius 3 is 2.12 bits per heavy atom. The van der Waals surface area contributed by atoms with Crippen molar-refractivity contribution in [3.63, 3.8) is 0 Å². The van der Waals surface area contributed by atoms with Crippen LogP contribution in [0.1, 0.15) is 79.1 Å².